The van der Waals surface area contributed by atoms with Crippen LogP contribution in [-0.4, -0.2) is 16.9 Å². The van der Waals surface area contributed by atoms with Crippen molar-refractivity contribution in [1.82, 2.24) is 10.3 Å². The Morgan fingerprint density at radius 3 is 2.29 bits per heavy atom. The molecule has 0 aliphatic heterocycles. The Kier molecular flexibility index (Phi) is 5.79. The fraction of sp³-hybridized carbons (Fsp3) is 0.0500. The monoisotopic (exact) mass is 445 g/mol. The largest absolute Gasteiger partial charge is 0.326 e. The first kappa shape index (κ1) is 19.6. The fourth-order valence-corrected chi connectivity index (χ4v) is 2.86. The van der Waals surface area contributed by atoms with Gasteiger partial charge in [-0.25, -0.2) is 13.6 Å². The first-order chi connectivity index (χ1) is 13.3. The molecule has 142 valence electrons. The summed E-state index contributed by atoms with van der Waals surface area (Å²) < 4.78 is 28.2. The molecule has 0 atom stereocenters. The molecule has 0 unspecified atom stereocenters. The third kappa shape index (κ3) is 4.40. The van der Waals surface area contributed by atoms with E-state index in [-0.39, 0.29) is 0 Å². The van der Waals surface area contributed by atoms with Crippen molar-refractivity contribution in [2.45, 2.75) is 6.92 Å². The number of carbonyl (C=O) groups excluding carboxylic acids is 2. The zero-order valence-electron chi connectivity index (χ0n) is 14.6. The van der Waals surface area contributed by atoms with Crippen molar-refractivity contribution >= 4 is 33.6 Å². The molecule has 2 aromatic carbocycles. The van der Waals surface area contributed by atoms with Crippen molar-refractivity contribution in [2.75, 3.05) is 5.32 Å². The zero-order valence-corrected chi connectivity index (χ0v) is 16.2. The van der Waals surface area contributed by atoms with Crippen LogP contribution in [0.1, 0.15) is 15.9 Å². The van der Waals surface area contributed by atoms with E-state index in [0.29, 0.717) is 5.69 Å². The van der Waals surface area contributed by atoms with Crippen molar-refractivity contribution < 1.29 is 18.4 Å². The molecular weight excluding hydrogens is 432 g/mol. The summed E-state index contributed by atoms with van der Waals surface area (Å²) >= 11 is 3.37. The van der Waals surface area contributed by atoms with Gasteiger partial charge in [0.15, 0.2) is 0 Å². The van der Waals surface area contributed by atoms with Crippen molar-refractivity contribution in [1.29, 1.82) is 0 Å². The lowest BCUT2D eigenvalue weighted by Gasteiger charge is -2.10. The number of halogens is 3. The smallest absolute Gasteiger partial charge is 0.306 e. The van der Waals surface area contributed by atoms with Crippen LogP contribution in [0.3, 0.4) is 0 Å². The molecule has 0 bridgehead atoms. The van der Waals surface area contributed by atoms with Crippen LogP contribution in [0.5, 0.6) is 0 Å². The highest BCUT2D eigenvalue weighted by atomic mass is 79.9. The summed E-state index contributed by atoms with van der Waals surface area (Å²) in [6.45, 7) is 1.83. The van der Waals surface area contributed by atoms with E-state index in [4.69, 9.17) is 0 Å². The second-order valence-electron chi connectivity index (χ2n) is 5.90. The standard InChI is InChI=1S/C20H14BrF2N3O2/c1-11-9-14(10-24-18(11)12-5-7-13(21)8-6-12)25-20(28)26-19(27)17-15(22)3-2-4-16(17)23/h2-10H,1H3,(H2,25,26,27,28). The molecule has 1 aromatic heterocycles. The van der Waals surface area contributed by atoms with Gasteiger partial charge in [0, 0.05) is 10.0 Å². The number of amides is 3. The number of hydrogen-bond donors (Lipinski definition) is 2. The van der Waals surface area contributed by atoms with Gasteiger partial charge in [-0.05, 0) is 42.8 Å². The lowest BCUT2D eigenvalue weighted by molar-refractivity contribution is 0.0959. The van der Waals surface area contributed by atoms with Crippen LogP contribution in [0.25, 0.3) is 11.3 Å². The first-order valence-corrected chi connectivity index (χ1v) is 8.93. The van der Waals surface area contributed by atoms with E-state index in [2.05, 4.69) is 26.2 Å². The number of urea groups is 1. The Hall–Kier alpha value is -3.13. The van der Waals surface area contributed by atoms with E-state index < -0.39 is 29.1 Å². The number of benzene rings is 2. The topological polar surface area (TPSA) is 71.1 Å². The van der Waals surface area contributed by atoms with Gasteiger partial charge in [0.2, 0.25) is 0 Å². The minimum absolute atomic E-state index is 0.331. The van der Waals surface area contributed by atoms with Crippen molar-refractivity contribution in [3.05, 3.63) is 82.0 Å². The normalized spacial score (nSPS) is 10.4. The van der Waals surface area contributed by atoms with Gasteiger partial charge in [-0.3, -0.25) is 15.1 Å². The number of hydrogen-bond acceptors (Lipinski definition) is 3. The van der Waals surface area contributed by atoms with Crippen molar-refractivity contribution in [3.63, 3.8) is 0 Å². The second-order valence-corrected chi connectivity index (χ2v) is 6.82. The van der Waals surface area contributed by atoms with Crippen molar-refractivity contribution in [3.8, 4) is 11.3 Å². The average molecular weight is 446 g/mol. The number of anilines is 1. The lowest BCUT2D eigenvalue weighted by atomic mass is 10.1. The van der Waals surface area contributed by atoms with E-state index >= 15 is 0 Å². The van der Waals surface area contributed by atoms with Gasteiger partial charge in [-0.2, -0.15) is 0 Å². The minimum atomic E-state index is -1.18. The number of aromatic nitrogens is 1. The number of imide groups is 1. The van der Waals surface area contributed by atoms with E-state index in [1.807, 2.05) is 36.5 Å². The molecule has 0 saturated carbocycles. The third-order valence-electron chi connectivity index (χ3n) is 3.87. The maximum atomic E-state index is 13.6. The van der Waals surface area contributed by atoms with Crippen LogP contribution >= 0.6 is 15.9 Å². The van der Waals surface area contributed by atoms with E-state index in [1.165, 1.54) is 6.20 Å². The van der Waals surface area contributed by atoms with Gasteiger partial charge in [0.25, 0.3) is 5.91 Å². The number of nitrogens with one attached hydrogen (secondary N) is 2. The molecule has 3 aromatic rings. The van der Waals surface area contributed by atoms with Gasteiger partial charge in [0.05, 0.1) is 17.6 Å². The van der Waals surface area contributed by atoms with E-state index in [9.17, 15) is 18.4 Å². The molecule has 2 N–H and O–H groups in total. The Morgan fingerprint density at radius 1 is 1.04 bits per heavy atom. The first-order valence-electron chi connectivity index (χ1n) is 8.14. The molecule has 5 nitrogen and oxygen atoms in total. The maximum Gasteiger partial charge on any atom is 0.326 e. The quantitative estimate of drug-likeness (QED) is 0.591. The van der Waals surface area contributed by atoms with Gasteiger partial charge in [-0.15, -0.1) is 0 Å². The fourth-order valence-electron chi connectivity index (χ4n) is 2.60. The highest BCUT2D eigenvalue weighted by molar-refractivity contribution is 9.10. The number of pyridine rings is 1. The molecule has 0 fully saturated rings. The Morgan fingerprint density at radius 2 is 1.68 bits per heavy atom. The molecule has 0 saturated heterocycles. The molecule has 3 rings (SSSR count). The third-order valence-corrected chi connectivity index (χ3v) is 4.40. The maximum absolute atomic E-state index is 13.6. The van der Waals surface area contributed by atoms with Gasteiger partial charge < -0.3 is 5.32 Å². The molecular formula is C20H14BrF2N3O2. The summed E-state index contributed by atoms with van der Waals surface area (Å²) in [5, 5.41) is 4.32. The van der Waals surface area contributed by atoms with Crippen LogP contribution in [0.4, 0.5) is 19.3 Å². The van der Waals surface area contributed by atoms with Crippen LogP contribution in [0, 0.1) is 18.6 Å². The predicted octanol–water partition coefficient (Wildman–Crippen LogP) is 5.06. The SMILES string of the molecule is Cc1cc(NC(=O)NC(=O)c2c(F)cccc2F)cnc1-c1ccc(Br)cc1. The summed E-state index contributed by atoms with van der Waals surface area (Å²) in [5.74, 6) is -3.28. The minimum Gasteiger partial charge on any atom is -0.306 e. The second kappa shape index (κ2) is 8.26. The van der Waals surface area contributed by atoms with Crippen LogP contribution in [0.2, 0.25) is 0 Å². The molecule has 0 spiro atoms. The zero-order chi connectivity index (χ0) is 20.3. The average Bonchev–Trinajstić information content (AvgIpc) is 2.62. The van der Waals surface area contributed by atoms with Gasteiger partial charge in [0.1, 0.15) is 17.2 Å². The Labute approximate surface area is 167 Å². The van der Waals surface area contributed by atoms with E-state index in [1.54, 1.807) is 6.07 Å². The van der Waals surface area contributed by atoms with E-state index in [0.717, 1.165) is 39.5 Å². The van der Waals surface area contributed by atoms with Crippen LogP contribution in [0.15, 0.2) is 59.2 Å². The number of rotatable bonds is 3. The summed E-state index contributed by atoms with van der Waals surface area (Å²) in [4.78, 5) is 28.3. The molecule has 0 radical (unpaired) electrons. The summed E-state index contributed by atoms with van der Waals surface area (Å²) in [6, 6.07) is 11.3. The van der Waals surface area contributed by atoms with Gasteiger partial charge in [-0.1, -0.05) is 34.1 Å². The molecule has 0 aliphatic carbocycles. The van der Waals surface area contributed by atoms with Gasteiger partial charge >= 0.3 is 6.03 Å². The van der Waals surface area contributed by atoms with Crippen LogP contribution in [-0.2, 0) is 0 Å². The summed E-state index contributed by atoms with van der Waals surface area (Å²) in [6.07, 6.45) is 1.43. The number of carbonyl (C=O) groups is 2. The highest BCUT2D eigenvalue weighted by Crippen LogP contribution is 2.24. The Bertz CT molecular complexity index is 1040. The molecule has 0 aliphatic rings. The molecule has 28 heavy (non-hydrogen) atoms. The summed E-state index contributed by atoms with van der Waals surface area (Å²) in [7, 11) is 0. The highest BCUT2D eigenvalue weighted by Gasteiger charge is 2.19. The number of aryl methyl sites for hydroxylation is 1. The lowest BCUT2D eigenvalue weighted by Crippen LogP contribution is -2.35. The predicted molar refractivity (Wildman–Crippen MR) is 105 cm³/mol. The van der Waals surface area contributed by atoms with Crippen LogP contribution < -0.4 is 10.6 Å². The van der Waals surface area contributed by atoms with Crippen molar-refractivity contribution in [2.24, 2.45) is 0 Å². The molecule has 1 heterocycles. The number of nitrogens with zero attached hydrogens (tertiary/aromatic N) is 1. The Balaban J connectivity index is 1.71. The molecule has 3 amide bonds. The molecule has 8 heteroatoms. The summed E-state index contributed by atoms with van der Waals surface area (Å²) in [5.41, 5.74) is 1.95.